The molecule has 6 nitrogen and oxygen atoms in total. The molecule has 2 aromatic heterocycles. The van der Waals surface area contributed by atoms with Crippen molar-refractivity contribution < 1.29 is 18.0 Å². The zero-order valence-corrected chi connectivity index (χ0v) is 15.3. The summed E-state index contributed by atoms with van der Waals surface area (Å²) in [4.78, 5) is 23.1. The van der Waals surface area contributed by atoms with E-state index in [0.29, 0.717) is 0 Å². The summed E-state index contributed by atoms with van der Waals surface area (Å²) in [6, 6.07) is 4.84. The van der Waals surface area contributed by atoms with E-state index in [1.54, 1.807) is 0 Å². The predicted molar refractivity (Wildman–Crippen MR) is 96.3 cm³/mol. The zero-order valence-electron chi connectivity index (χ0n) is 13.8. The van der Waals surface area contributed by atoms with Crippen molar-refractivity contribution in [1.29, 1.82) is 0 Å². The molecule has 1 fully saturated rings. The van der Waals surface area contributed by atoms with Crippen molar-refractivity contribution in [3.63, 3.8) is 0 Å². The fraction of sp³-hybridized carbons (Fsp3) is 0.312. The maximum absolute atomic E-state index is 13.1. The van der Waals surface area contributed by atoms with E-state index >= 15 is 0 Å². The fourth-order valence-electron chi connectivity index (χ4n) is 2.67. The topological polar surface area (TPSA) is 61.4 Å². The van der Waals surface area contributed by atoms with Gasteiger partial charge in [-0.3, -0.25) is 5.32 Å². The number of nitrogens with one attached hydrogen (secondary N) is 1. The van der Waals surface area contributed by atoms with Crippen LogP contribution in [0.25, 0.3) is 0 Å². The average Bonchev–Trinajstić information content (AvgIpc) is 2.64. The highest BCUT2D eigenvalue weighted by Gasteiger charge is 2.36. The van der Waals surface area contributed by atoms with E-state index in [-0.39, 0.29) is 48.0 Å². The van der Waals surface area contributed by atoms with Crippen molar-refractivity contribution in [1.82, 2.24) is 14.9 Å². The standard InChI is InChI=1S/C16H14Cl2F3N5O/c17-11-3-4-12(23-13(11)18)24-15(27)26-8-6-25(7-9-26)14-10(16(19,20)21)2-1-5-22-14/h1-5H,6-9H2,(H,23,24,27). The van der Waals surface area contributed by atoms with E-state index in [4.69, 9.17) is 23.2 Å². The molecule has 144 valence electrons. The number of rotatable bonds is 2. The number of carbonyl (C=O) groups excluding carboxylic acids is 1. The van der Waals surface area contributed by atoms with Crippen LogP contribution in [0.4, 0.5) is 29.6 Å². The SMILES string of the molecule is O=C(Nc1ccc(Cl)c(Cl)n1)N1CCN(c2ncccc2C(F)(F)F)CC1. The van der Waals surface area contributed by atoms with Crippen molar-refractivity contribution in [3.05, 3.63) is 46.2 Å². The minimum absolute atomic E-state index is 0.0640. The molecular weight excluding hydrogens is 406 g/mol. The molecule has 0 bridgehead atoms. The van der Waals surface area contributed by atoms with Gasteiger partial charge in [0.05, 0.1) is 10.6 Å². The zero-order chi connectivity index (χ0) is 19.6. The van der Waals surface area contributed by atoms with Crippen LogP contribution < -0.4 is 10.2 Å². The Morgan fingerprint density at radius 1 is 1.11 bits per heavy atom. The van der Waals surface area contributed by atoms with Gasteiger partial charge < -0.3 is 9.80 Å². The van der Waals surface area contributed by atoms with Crippen molar-refractivity contribution >= 4 is 40.9 Å². The number of amides is 2. The van der Waals surface area contributed by atoms with Gasteiger partial charge in [0.1, 0.15) is 16.8 Å². The summed E-state index contributed by atoms with van der Waals surface area (Å²) in [5.74, 6) is 0.108. The number of carbonyl (C=O) groups is 1. The summed E-state index contributed by atoms with van der Waals surface area (Å²) < 4.78 is 39.4. The highest BCUT2D eigenvalue weighted by Crippen LogP contribution is 2.35. The molecule has 0 atom stereocenters. The Labute approximate surface area is 162 Å². The van der Waals surface area contributed by atoms with Crippen molar-refractivity contribution in [3.8, 4) is 0 Å². The number of alkyl halides is 3. The molecule has 0 radical (unpaired) electrons. The first-order chi connectivity index (χ1) is 12.8. The molecule has 0 aliphatic carbocycles. The minimum Gasteiger partial charge on any atom is -0.353 e. The molecule has 1 saturated heterocycles. The highest BCUT2D eigenvalue weighted by molar-refractivity contribution is 6.41. The van der Waals surface area contributed by atoms with Gasteiger partial charge in [0.2, 0.25) is 0 Å². The molecule has 27 heavy (non-hydrogen) atoms. The Hall–Kier alpha value is -2.26. The normalized spacial score (nSPS) is 15.0. The maximum atomic E-state index is 13.1. The molecule has 1 N–H and O–H groups in total. The third-order valence-corrected chi connectivity index (χ3v) is 4.69. The van der Waals surface area contributed by atoms with Crippen LogP contribution in [0, 0.1) is 0 Å². The number of hydrogen-bond acceptors (Lipinski definition) is 4. The number of pyridine rings is 2. The molecule has 3 heterocycles. The van der Waals surface area contributed by atoms with E-state index in [1.165, 1.54) is 34.2 Å². The number of anilines is 2. The molecule has 1 aliphatic heterocycles. The summed E-state index contributed by atoms with van der Waals surface area (Å²) in [6.07, 6.45) is -3.17. The van der Waals surface area contributed by atoms with Crippen molar-refractivity contribution in [2.75, 3.05) is 36.4 Å². The number of nitrogens with zero attached hydrogens (tertiary/aromatic N) is 4. The Morgan fingerprint density at radius 3 is 2.44 bits per heavy atom. The molecule has 11 heteroatoms. The molecule has 2 amide bonds. The largest absolute Gasteiger partial charge is 0.419 e. The van der Waals surface area contributed by atoms with Crippen LogP contribution in [-0.2, 0) is 6.18 Å². The molecule has 0 saturated carbocycles. The summed E-state index contributed by atoms with van der Waals surface area (Å²) in [5, 5.41) is 2.92. The van der Waals surface area contributed by atoms with Gasteiger partial charge in [-0.25, -0.2) is 14.8 Å². The molecule has 0 aromatic carbocycles. The number of hydrogen-bond donors (Lipinski definition) is 1. The van der Waals surface area contributed by atoms with Crippen LogP contribution in [0.3, 0.4) is 0 Å². The summed E-state index contributed by atoms with van der Waals surface area (Å²) >= 11 is 11.6. The molecule has 2 aromatic rings. The van der Waals surface area contributed by atoms with Crippen LogP contribution in [0.1, 0.15) is 5.56 Å². The first kappa shape index (κ1) is 19.5. The van der Waals surface area contributed by atoms with E-state index in [0.717, 1.165) is 6.07 Å². The minimum atomic E-state index is -4.49. The van der Waals surface area contributed by atoms with Crippen LogP contribution in [0.5, 0.6) is 0 Å². The van der Waals surface area contributed by atoms with Crippen LogP contribution in [0.2, 0.25) is 10.2 Å². The van der Waals surface area contributed by atoms with Gasteiger partial charge in [0.15, 0.2) is 0 Å². The van der Waals surface area contributed by atoms with Gasteiger partial charge in [-0.1, -0.05) is 23.2 Å². The molecular formula is C16H14Cl2F3N5O. The maximum Gasteiger partial charge on any atom is 0.419 e. The number of halogens is 5. The molecule has 0 unspecified atom stereocenters. The second-order valence-electron chi connectivity index (χ2n) is 5.75. The predicted octanol–water partition coefficient (Wildman–Crippen LogP) is 4.16. The van der Waals surface area contributed by atoms with Crippen LogP contribution in [-0.4, -0.2) is 47.1 Å². The summed E-state index contributed by atoms with van der Waals surface area (Å²) in [6.45, 7) is 0.923. The lowest BCUT2D eigenvalue weighted by molar-refractivity contribution is -0.137. The van der Waals surface area contributed by atoms with Crippen molar-refractivity contribution in [2.24, 2.45) is 0 Å². The first-order valence-electron chi connectivity index (χ1n) is 7.91. The highest BCUT2D eigenvalue weighted by atomic mass is 35.5. The first-order valence-corrected chi connectivity index (χ1v) is 8.66. The lowest BCUT2D eigenvalue weighted by Crippen LogP contribution is -2.50. The van der Waals surface area contributed by atoms with Gasteiger partial charge in [-0.15, -0.1) is 0 Å². The third kappa shape index (κ3) is 4.54. The van der Waals surface area contributed by atoms with E-state index in [1.807, 2.05) is 0 Å². The number of aromatic nitrogens is 2. The summed E-state index contributed by atoms with van der Waals surface area (Å²) in [5.41, 5.74) is -0.789. The smallest absolute Gasteiger partial charge is 0.353 e. The lowest BCUT2D eigenvalue weighted by Gasteiger charge is -2.36. The molecule has 3 rings (SSSR count). The van der Waals surface area contributed by atoms with Crippen LogP contribution in [0.15, 0.2) is 30.5 Å². The Balaban J connectivity index is 1.64. The van der Waals surface area contributed by atoms with Gasteiger partial charge in [0.25, 0.3) is 0 Å². The van der Waals surface area contributed by atoms with Gasteiger partial charge in [-0.2, -0.15) is 13.2 Å². The molecule has 0 spiro atoms. The van der Waals surface area contributed by atoms with Gasteiger partial charge in [-0.05, 0) is 24.3 Å². The van der Waals surface area contributed by atoms with Gasteiger partial charge >= 0.3 is 12.2 Å². The van der Waals surface area contributed by atoms with Crippen LogP contribution >= 0.6 is 23.2 Å². The average molecular weight is 420 g/mol. The van der Waals surface area contributed by atoms with E-state index in [2.05, 4.69) is 15.3 Å². The fourth-order valence-corrected chi connectivity index (χ4v) is 2.93. The van der Waals surface area contributed by atoms with Gasteiger partial charge in [0, 0.05) is 32.4 Å². The Bertz CT molecular complexity index is 841. The molecule has 1 aliphatic rings. The van der Waals surface area contributed by atoms with E-state index < -0.39 is 17.8 Å². The second-order valence-corrected chi connectivity index (χ2v) is 6.51. The lowest BCUT2D eigenvalue weighted by atomic mass is 10.2. The van der Waals surface area contributed by atoms with E-state index in [9.17, 15) is 18.0 Å². The third-order valence-electron chi connectivity index (χ3n) is 4.00. The Morgan fingerprint density at radius 2 is 1.81 bits per heavy atom. The van der Waals surface area contributed by atoms with Crippen molar-refractivity contribution in [2.45, 2.75) is 6.18 Å². The number of piperazine rings is 1. The quantitative estimate of drug-likeness (QED) is 0.742. The number of urea groups is 1. The Kier molecular flexibility index (Phi) is 5.61. The summed E-state index contributed by atoms with van der Waals surface area (Å²) in [7, 11) is 0. The monoisotopic (exact) mass is 419 g/mol. The second kappa shape index (κ2) is 7.77.